The summed E-state index contributed by atoms with van der Waals surface area (Å²) in [5, 5.41) is 3.78. The second kappa shape index (κ2) is 9.58. The average Bonchev–Trinajstić information content (AvgIpc) is 3.16. The molecule has 2 aliphatic heterocycles. The minimum atomic E-state index is -0.121. The number of nitrogens with one attached hydrogen (secondary N) is 1. The van der Waals surface area contributed by atoms with E-state index >= 15 is 0 Å². The molecule has 0 atom stereocenters. The van der Waals surface area contributed by atoms with E-state index in [1.807, 2.05) is 41.1 Å². The number of anilines is 3. The van der Waals surface area contributed by atoms with Crippen LogP contribution in [-0.2, 0) is 13.0 Å². The van der Waals surface area contributed by atoms with Crippen LogP contribution in [0.1, 0.15) is 18.5 Å². The van der Waals surface area contributed by atoms with Gasteiger partial charge in [-0.25, -0.2) is 19.3 Å². The standard InChI is InChI=1S/C27H30N8O/c1-32-15-17-33(18-16-32)22-12-10-21(11-13-22)30-27-28-19-23-25(31-27)35-24-9-6-8-20(29-24)7-4-2-3-5-14-34(35)26(23)36/h3,5-6,8-13,19H,2,4,7,14-18H2,1H3,(H,28,30,31)/b5-3-. The molecule has 1 fully saturated rings. The van der Waals surface area contributed by atoms with Gasteiger partial charge in [-0.3, -0.25) is 4.79 Å². The molecule has 1 N–H and O–H groups in total. The number of benzene rings is 1. The molecule has 9 nitrogen and oxygen atoms in total. The Bertz CT molecular complexity index is 1460. The van der Waals surface area contributed by atoms with Crippen molar-refractivity contribution in [1.82, 2.24) is 29.2 Å². The van der Waals surface area contributed by atoms with Crippen LogP contribution >= 0.6 is 0 Å². The van der Waals surface area contributed by atoms with Gasteiger partial charge < -0.3 is 15.1 Å². The van der Waals surface area contributed by atoms with E-state index in [-0.39, 0.29) is 5.56 Å². The van der Waals surface area contributed by atoms with Gasteiger partial charge in [0.15, 0.2) is 11.5 Å². The van der Waals surface area contributed by atoms with Crippen molar-refractivity contribution >= 4 is 28.4 Å². The van der Waals surface area contributed by atoms with Gasteiger partial charge in [0.05, 0.1) is 6.54 Å². The van der Waals surface area contributed by atoms with E-state index in [1.165, 1.54) is 5.69 Å². The van der Waals surface area contributed by atoms with Gasteiger partial charge in [0.25, 0.3) is 5.56 Å². The van der Waals surface area contributed by atoms with Gasteiger partial charge in [-0.1, -0.05) is 18.2 Å². The van der Waals surface area contributed by atoms with E-state index in [0.717, 1.165) is 56.8 Å². The minimum absolute atomic E-state index is 0.121. The summed E-state index contributed by atoms with van der Waals surface area (Å²) in [7, 11) is 2.16. The molecule has 6 rings (SSSR count). The molecule has 9 heteroatoms. The van der Waals surface area contributed by atoms with E-state index in [2.05, 4.69) is 45.4 Å². The predicted octanol–water partition coefficient (Wildman–Crippen LogP) is 3.37. The molecule has 2 aliphatic rings. The molecule has 0 aliphatic carbocycles. The largest absolute Gasteiger partial charge is 0.369 e. The molecule has 4 aromatic rings. The van der Waals surface area contributed by atoms with Gasteiger partial charge in [-0.15, -0.1) is 0 Å². The van der Waals surface area contributed by atoms with E-state index in [9.17, 15) is 4.79 Å². The van der Waals surface area contributed by atoms with Crippen LogP contribution in [0, 0.1) is 0 Å². The van der Waals surface area contributed by atoms with Gasteiger partial charge in [0.1, 0.15) is 5.39 Å². The number of allylic oxidation sites excluding steroid dienone is 2. The number of pyridine rings is 1. The topological polar surface area (TPSA) is 84.1 Å². The number of likely N-dealkylation sites (N-methyl/N-ethyl adjacent to an activating group) is 1. The van der Waals surface area contributed by atoms with Crippen molar-refractivity contribution in [2.45, 2.75) is 25.8 Å². The van der Waals surface area contributed by atoms with Crippen LogP contribution in [0.15, 0.2) is 65.6 Å². The molecule has 0 radical (unpaired) electrons. The van der Waals surface area contributed by atoms with E-state index in [1.54, 1.807) is 10.9 Å². The third-order valence-electron chi connectivity index (χ3n) is 6.93. The van der Waals surface area contributed by atoms with Crippen LogP contribution in [0.3, 0.4) is 0 Å². The lowest BCUT2D eigenvalue weighted by molar-refractivity contribution is 0.313. The summed E-state index contributed by atoms with van der Waals surface area (Å²) >= 11 is 0. The summed E-state index contributed by atoms with van der Waals surface area (Å²) in [5.74, 6) is 1.13. The van der Waals surface area contributed by atoms with Gasteiger partial charge in [-0.05, 0) is 62.7 Å². The molecule has 184 valence electrons. The number of piperazine rings is 1. The quantitative estimate of drug-likeness (QED) is 0.448. The van der Waals surface area contributed by atoms with Gasteiger partial charge in [-0.2, -0.15) is 4.98 Å². The normalized spacial score (nSPS) is 17.4. The molecule has 1 aromatic carbocycles. The first-order valence-electron chi connectivity index (χ1n) is 12.6. The Morgan fingerprint density at radius 3 is 2.61 bits per heavy atom. The van der Waals surface area contributed by atoms with E-state index in [4.69, 9.17) is 9.97 Å². The number of rotatable bonds is 3. The van der Waals surface area contributed by atoms with Crippen LogP contribution in [0.25, 0.3) is 16.9 Å². The number of nitrogens with zero attached hydrogens (tertiary/aromatic N) is 7. The van der Waals surface area contributed by atoms with Crippen molar-refractivity contribution in [3.63, 3.8) is 0 Å². The highest BCUT2D eigenvalue weighted by Crippen LogP contribution is 2.22. The lowest BCUT2D eigenvalue weighted by atomic mass is 10.1. The monoisotopic (exact) mass is 482 g/mol. The first-order chi connectivity index (χ1) is 17.7. The zero-order valence-electron chi connectivity index (χ0n) is 20.5. The van der Waals surface area contributed by atoms with Gasteiger partial charge >= 0.3 is 0 Å². The number of fused-ring (bicyclic) bond motifs is 6. The summed E-state index contributed by atoms with van der Waals surface area (Å²) in [6.45, 7) is 4.66. The molecule has 0 spiro atoms. The lowest BCUT2D eigenvalue weighted by Gasteiger charge is -2.34. The Morgan fingerprint density at radius 2 is 1.78 bits per heavy atom. The third-order valence-corrected chi connectivity index (χ3v) is 6.93. The number of aromatic nitrogens is 5. The Balaban J connectivity index is 1.34. The van der Waals surface area contributed by atoms with Crippen LogP contribution in [0.5, 0.6) is 0 Å². The van der Waals surface area contributed by atoms with Crippen LogP contribution in [-0.4, -0.2) is 62.4 Å². The highest BCUT2D eigenvalue weighted by Gasteiger charge is 2.19. The number of hydrogen-bond acceptors (Lipinski definition) is 7. The van der Waals surface area contributed by atoms with Crippen LogP contribution < -0.4 is 15.8 Å². The van der Waals surface area contributed by atoms with Gasteiger partial charge in [0, 0.05) is 49.4 Å². The summed E-state index contributed by atoms with van der Waals surface area (Å²) < 4.78 is 3.50. The van der Waals surface area contributed by atoms with Crippen molar-refractivity contribution < 1.29 is 0 Å². The molecule has 0 amide bonds. The molecular weight excluding hydrogens is 452 g/mol. The lowest BCUT2D eigenvalue weighted by Crippen LogP contribution is -2.44. The highest BCUT2D eigenvalue weighted by molar-refractivity contribution is 5.77. The van der Waals surface area contributed by atoms with E-state index in [0.29, 0.717) is 29.3 Å². The first kappa shape index (κ1) is 22.5. The highest BCUT2D eigenvalue weighted by atomic mass is 16.1. The molecule has 5 heterocycles. The van der Waals surface area contributed by atoms with Crippen molar-refractivity contribution in [3.05, 3.63) is 76.9 Å². The molecule has 2 bridgehead atoms. The second-order valence-corrected chi connectivity index (χ2v) is 9.44. The fraction of sp³-hybridized carbons (Fsp3) is 0.333. The summed E-state index contributed by atoms with van der Waals surface area (Å²) in [4.78, 5) is 32.1. The smallest absolute Gasteiger partial charge is 0.278 e. The Labute approximate surface area is 209 Å². The molecule has 36 heavy (non-hydrogen) atoms. The van der Waals surface area contributed by atoms with Crippen molar-refractivity contribution in [1.29, 1.82) is 0 Å². The summed E-state index contributed by atoms with van der Waals surface area (Å²) in [5.41, 5.74) is 3.55. The first-order valence-corrected chi connectivity index (χ1v) is 12.6. The Kier molecular flexibility index (Phi) is 5.98. The predicted molar refractivity (Wildman–Crippen MR) is 142 cm³/mol. The average molecular weight is 483 g/mol. The van der Waals surface area contributed by atoms with Crippen LogP contribution in [0.4, 0.5) is 17.3 Å². The maximum Gasteiger partial charge on any atom is 0.278 e. The summed E-state index contributed by atoms with van der Waals surface area (Å²) in [6, 6.07) is 14.3. The van der Waals surface area contributed by atoms with Crippen molar-refractivity contribution in [3.8, 4) is 5.82 Å². The third kappa shape index (κ3) is 4.37. The Morgan fingerprint density at radius 1 is 0.944 bits per heavy atom. The minimum Gasteiger partial charge on any atom is -0.369 e. The van der Waals surface area contributed by atoms with Gasteiger partial charge in [0.2, 0.25) is 5.95 Å². The molecule has 0 unspecified atom stereocenters. The molecule has 0 saturated carbocycles. The number of hydrogen-bond donors (Lipinski definition) is 1. The molecular formula is C27H30N8O. The van der Waals surface area contributed by atoms with Crippen LogP contribution in [0.2, 0.25) is 0 Å². The Hall–Kier alpha value is -3.98. The van der Waals surface area contributed by atoms with E-state index < -0.39 is 0 Å². The van der Waals surface area contributed by atoms with Crippen molar-refractivity contribution in [2.24, 2.45) is 0 Å². The maximum absolute atomic E-state index is 13.3. The molecule has 3 aromatic heterocycles. The fourth-order valence-corrected chi connectivity index (χ4v) is 4.85. The summed E-state index contributed by atoms with van der Waals surface area (Å²) in [6.07, 6.45) is 8.67. The van der Waals surface area contributed by atoms with Crippen molar-refractivity contribution in [2.75, 3.05) is 43.4 Å². The zero-order chi connectivity index (χ0) is 24.5. The maximum atomic E-state index is 13.3. The fourth-order valence-electron chi connectivity index (χ4n) is 4.85. The SMILES string of the molecule is CN1CCN(c2ccc(Nc3ncc4c(=O)n5n(c4n3)-c3cccc(n3)CCC/C=C\C5)cc2)CC1. The second-order valence-electron chi connectivity index (χ2n) is 9.44. The zero-order valence-corrected chi connectivity index (χ0v) is 20.5. The number of aryl methyl sites for hydroxylation is 1. The molecule has 1 saturated heterocycles.